The van der Waals surface area contributed by atoms with E-state index in [1.807, 2.05) is 53.4 Å². The molecule has 4 rings (SSSR count). The summed E-state index contributed by atoms with van der Waals surface area (Å²) in [6.07, 6.45) is 2.11. The van der Waals surface area contributed by atoms with Crippen LogP contribution in [0.3, 0.4) is 0 Å². The summed E-state index contributed by atoms with van der Waals surface area (Å²) in [7, 11) is 1.59. The van der Waals surface area contributed by atoms with Crippen molar-refractivity contribution in [1.29, 1.82) is 0 Å². The van der Waals surface area contributed by atoms with Gasteiger partial charge in [-0.3, -0.25) is 4.79 Å². The van der Waals surface area contributed by atoms with Crippen LogP contribution in [0.25, 0.3) is 11.4 Å². The number of hydrogen-bond acceptors (Lipinski definition) is 6. The van der Waals surface area contributed by atoms with Crippen LogP contribution in [0.15, 0.2) is 48.5 Å². The maximum atomic E-state index is 12.3. The van der Waals surface area contributed by atoms with E-state index in [-0.39, 0.29) is 12.5 Å². The van der Waals surface area contributed by atoms with Crippen LogP contribution in [0.5, 0.6) is 11.5 Å². The highest BCUT2D eigenvalue weighted by Gasteiger charge is 2.19. The molecule has 29 heavy (non-hydrogen) atoms. The van der Waals surface area contributed by atoms with Crippen LogP contribution in [-0.4, -0.2) is 51.2 Å². The molecule has 1 aliphatic rings. The second-order valence-electron chi connectivity index (χ2n) is 6.87. The van der Waals surface area contributed by atoms with Crippen molar-refractivity contribution >= 4 is 5.91 Å². The zero-order valence-electron chi connectivity index (χ0n) is 16.3. The van der Waals surface area contributed by atoms with E-state index in [2.05, 4.69) is 15.4 Å². The van der Waals surface area contributed by atoms with Gasteiger partial charge < -0.3 is 14.4 Å². The van der Waals surface area contributed by atoms with Crippen molar-refractivity contribution in [3.05, 3.63) is 54.1 Å². The van der Waals surface area contributed by atoms with Crippen LogP contribution < -0.4 is 9.47 Å². The molecule has 0 radical (unpaired) electrons. The number of amides is 1. The van der Waals surface area contributed by atoms with Crippen molar-refractivity contribution in [2.75, 3.05) is 20.2 Å². The Kier molecular flexibility index (Phi) is 5.69. The highest BCUT2D eigenvalue weighted by atomic mass is 16.5. The van der Waals surface area contributed by atoms with Crippen LogP contribution in [0, 0.1) is 0 Å². The third-order valence-corrected chi connectivity index (χ3v) is 4.85. The molecule has 0 N–H and O–H groups in total. The van der Waals surface area contributed by atoms with E-state index < -0.39 is 0 Å². The number of carbonyl (C=O) groups is 1. The van der Waals surface area contributed by atoms with Gasteiger partial charge in [-0.15, -0.1) is 10.2 Å². The predicted octanol–water partition coefficient (Wildman–Crippen LogP) is 2.55. The number of methoxy groups -OCH3 is 1. The first kappa shape index (κ1) is 18.9. The molecular formula is C21H23N5O3. The fraction of sp³-hybridized carbons (Fsp3) is 0.333. The quantitative estimate of drug-likeness (QED) is 0.614. The number of tetrazole rings is 1. The summed E-state index contributed by atoms with van der Waals surface area (Å²) in [5, 5.41) is 12.4. The standard InChI is InChI=1S/C21H23N5O3/c1-28-19-13-17(9-10-18(19)29-15-16-7-3-2-4-8-16)21-22-24-26(23-21)14-20(27)25-11-5-6-12-25/h2-4,7-10,13H,5-6,11-12,14-15H2,1H3. The highest BCUT2D eigenvalue weighted by molar-refractivity contribution is 5.76. The third kappa shape index (κ3) is 4.53. The molecule has 2 heterocycles. The first-order chi connectivity index (χ1) is 14.2. The molecule has 1 aromatic heterocycles. The monoisotopic (exact) mass is 393 g/mol. The number of likely N-dealkylation sites (tertiary alicyclic amines) is 1. The summed E-state index contributed by atoms with van der Waals surface area (Å²) in [4.78, 5) is 15.4. The van der Waals surface area contributed by atoms with Crippen LogP contribution in [-0.2, 0) is 17.9 Å². The minimum absolute atomic E-state index is 0.0219. The van der Waals surface area contributed by atoms with E-state index in [4.69, 9.17) is 9.47 Å². The van der Waals surface area contributed by atoms with Crippen LogP contribution in [0.1, 0.15) is 18.4 Å². The summed E-state index contributed by atoms with van der Waals surface area (Å²) in [6, 6.07) is 15.4. The van der Waals surface area contributed by atoms with Crippen molar-refractivity contribution in [1.82, 2.24) is 25.1 Å². The van der Waals surface area contributed by atoms with Crippen molar-refractivity contribution in [2.24, 2.45) is 0 Å². The number of rotatable bonds is 7. The second kappa shape index (κ2) is 8.72. The fourth-order valence-electron chi connectivity index (χ4n) is 3.27. The SMILES string of the molecule is COc1cc(-c2nnn(CC(=O)N3CCCC3)n2)ccc1OCc1ccccc1. The summed E-state index contributed by atoms with van der Waals surface area (Å²) in [5.74, 6) is 1.68. The minimum atomic E-state index is 0.0219. The zero-order valence-corrected chi connectivity index (χ0v) is 16.3. The number of benzene rings is 2. The van der Waals surface area contributed by atoms with Crippen LogP contribution in [0.2, 0.25) is 0 Å². The molecule has 0 atom stereocenters. The van der Waals surface area contributed by atoms with Gasteiger partial charge in [-0.05, 0) is 41.8 Å². The second-order valence-corrected chi connectivity index (χ2v) is 6.87. The molecule has 1 saturated heterocycles. The highest BCUT2D eigenvalue weighted by Crippen LogP contribution is 2.31. The summed E-state index contributed by atoms with van der Waals surface area (Å²) >= 11 is 0. The zero-order chi connectivity index (χ0) is 20.1. The Labute approximate surface area is 169 Å². The molecule has 0 unspecified atom stereocenters. The molecule has 150 valence electrons. The number of carbonyl (C=O) groups excluding carboxylic acids is 1. The lowest BCUT2D eigenvalue weighted by Gasteiger charge is -2.13. The van der Waals surface area contributed by atoms with Gasteiger partial charge in [-0.2, -0.15) is 4.80 Å². The smallest absolute Gasteiger partial charge is 0.246 e. The molecule has 1 amide bonds. The number of hydrogen-bond donors (Lipinski definition) is 0. The predicted molar refractivity (Wildman–Crippen MR) is 106 cm³/mol. The van der Waals surface area contributed by atoms with Gasteiger partial charge in [0.1, 0.15) is 13.2 Å². The van der Waals surface area contributed by atoms with E-state index in [1.165, 1.54) is 4.80 Å². The van der Waals surface area contributed by atoms with E-state index in [0.29, 0.717) is 23.9 Å². The lowest BCUT2D eigenvalue weighted by molar-refractivity contribution is -0.131. The Balaban J connectivity index is 1.44. The average Bonchev–Trinajstić information content (AvgIpc) is 3.45. The normalized spacial score (nSPS) is 13.5. The van der Waals surface area contributed by atoms with E-state index in [0.717, 1.165) is 37.1 Å². The van der Waals surface area contributed by atoms with Gasteiger partial charge in [-0.25, -0.2) is 0 Å². The largest absolute Gasteiger partial charge is 0.493 e. The molecule has 0 bridgehead atoms. The maximum absolute atomic E-state index is 12.3. The topological polar surface area (TPSA) is 82.4 Å². The van der Waals surface area contributed by atoms with E-state index in [9.17, 15) is 4.79 Å². The van der Waals surface area contributed by atoms with Gasteiger partial charge in [0.15, 0.2) is 11.5 Å². The molecular weight excluding hydrogens is 370 g/mol. The van der Waals surface area contributed by atoms with Crippen molar-refractivity contribution in [3.63, 3.8) is 0 Å². The minimum Gasteiger partial charge on any atom is -0.493 e. The number of nitrogens with zero attached hydrogens (tertiary/aromatic N) is 5. The lowest BCUT2D eigenvalue weighted by atomic mass is 10.2. The Bertz CT molecular complexity index is 967. The molecule has 0 saturated carbocycles. The van der Waals surface area contributed by atoms with E-state index in [1.54, 1.807) is 7.11 Å². The number of ether oxygens (including phenoxy) is 2. The van der Waals surface area contributed by atoms with Gasteiger partial charge in [-0.1, -0.05) is 30.3 Å². The third-order valence-electron chi connectivity index (χ3n) is 4.85. The summed E-state index contributed by atoms with van der Waals surface area (Å²) < 4.78 is 11.3. The Hall–Kier alpha value is -3.42. The van der Waals surface area contributed by atoms with Gasteiger partial charge in [0.05, 0.1) is 7.11 Å². The van der Waals surface area contributed by atoms with Crippen molar-refractivity contribution < 1.29 is 14.3 Å². The van der Waals surface area contributed by atoms with Crippen molar-refractivity contribution in [3.8, 4) is 22.9 Å². The lowest BCUT2D eigenvalue weighted by Crippen LogP contribution is -2.31. The maximum Gasteiger partial charge on any atom is 0.246 e. The molecule has 2 aromatic carbocycles. The molecule has 8 nitrogen and oxygen atoms in total. The van der Waals surface area contributed by atoms with E-state index >= 15 is 0 Å². The summed E-state index contributed by atoms with van der Waals surface area (Å²) in [6.45, 7) is 2.16. The van der Waals surface area contributed by atoms with Gasteiger partial charge in [0, 0.05) is 18.7 Å². The first-order valence-electron chi connectivity index (χ1n) is 9.63. The fourth-order valence-corrected chi connectivity index (χ4v) is 3.27. The molecule has 1 aliphatic heterocycles. The first-order valence-corrected chi connectivity index (χ1v) is 9.63. The molecule has 0 spiro atoms. The Morgan fingerprint density at radius 3 is 2.62 bits per heavy atom. The molecule has 0 aliphatic carbocycles. The Morgan fingerprint density at radius 1 is 1.07 bits per heavy atom. The van der Waals surface area contributed by atoms with Crippen LogP contribution in [0.4, 0.5) is 0 Å². The molecule has 1 fully saturated rings. The Morgan fingerprint density at radius 2 is 1.86 bits per heavy atom. The summed E-state index contributed by atoms with van der Waals surface area (Å²) in [5.41, 5.74) is 1.82. The van der Waals surface area contributed by atoms with Gasteiger partial charge >= 0.3 is 0 Å². The molecule has 3 aromatic rings. The average molecular weight is 393 g/mol. The van der Waals surface area contributed by atoms with Crippen molar-refractivity contribution in [2.45, 2.75) is 26.0 Å². The van der Waals surface area contributed by atoms with Gasteiger partial charge in [0.2, 0.25) is 11.7 Å². The number of aromatic nitrogens is 4. The molecule has 8 heteroatoms. The van der Waals surface area contributed by atoms with Gasteiger partial charge in [0.25, 0.3) is 0 Å². The van der Waals surface area contributed by atoms with Crippen LogP contribution >= 0.6 is 0 Å².